The number of methoxy groups -OCH3 is 1. The fourth-order valence-corrected chi connectivity index (χ4v) is 2.05. The topological polar surface area (TPSA) is 38.5 Å². The molecule has 0 amide bonds. The first-order chi connectivity index (χ1) is 9.33. The molecule has 100 valence electrons. The highest BCUT2D eigenvalue weighted by Gasteiger charge is 2.06. The zero-order valence-corrected chi connectivity index (χ0v) is 11.3. The minimum Gasteiger partial charge on any atom is -0.497 e. The maximum absolute atomic E-state index is 5.70. The summed E-state index contributed by atoms with van der Waals surface area (Å²) in [4.78, 5) is 2.28. The molecule has 2 rings (SSSR count). The summed E-state index contributed by atoms with van der Waals surface area (Å²) in [6.07, 6.45) is 0. The van der Waals surface area contributed by atoms with Crippen LogP contribution in [0.15, 0.2) is 54.6 Å². The Balaban J connectivity index is 2.11. The summed E-state index contributed by atoms with van der Waals surface area (Å²) in [6, 6.07) is 18.5. The molecule has 0 heterocycles. The smallest absolute Gasteiger partial charge is 0.118 e. The molecule has 2 aromatic rings. The first kappa shape index (κ1) is 13.4. The Hall–Kier alpha value is -2.00. The normalized spacial score (nSPS) is 10.2. The lowest BCUT2D eigenvalue weighted by Crippen LogP contribution is -2.28. The number of rotatable bonds is 6. The summed E-state index contributed by atoms with van der Waals surface area (Å²) >= 11 is 0. The first-order valence-corrected chi connectivity index (χ1v) is 6.46. The van der Waals surface area contributed by atoms with E-state index in [1.807, 2.05) is 30.3 Å². The number of ether oxygens (including phenoxy) is 1. The molecule has 0 saturated carbocycles. The Labute approximate surface area is 114 Å². The summed E-state index contributed by atoms with van der Waals surface area (Å²) in [5.74, 6) is 0.883. The highest BCUT2D eigenvalue weighted by atomic mass is 16.5. The van der Waals surface area contributed by atoms with Crippen LogP contribution in [-0.4, -0.2) is 20.2 Å². The Morgan fingerprint density at radius 3 is 2.26 bits per heavy atom. The van der Waals surface area contributed by atoms with Gasteiger partial charge in [-0.3, -0.25) is 0 Å². The molecule has 19 heavy (non-hydrogen) atoms. The van der Waals surface area contributed by atoms with Crippen LogP contribution in [-0.2, 0) is 6.54 Å². The van der Waals surface area contributed by atoms with Gasteiger partial charge in [0.15, 0.2) is 0 Å². The van der Waals surface area contributed by atoms with E-state index in [0.29, 0.717) is 6.54 Å². The predicted molar refractivity (Wildman–Crippen MR) is 79.5 cm³/mol. The van der Waals surface area contributed by atoms with Crippen molar-refractivity contribution in [3.63, 3.8) is 0 Å². The minimum atomic E-state index is 0.644. The lowest BCUT2D eigenvalue weighted by atomic mass is 10.2. The molecule has 0 radical (unpaired) electrons. The lowest BCUT2D eigenvalue weighted by Gasteiger charge is -2.24. The largest absolute Gasteiger partial charge is 0.497 e. The number of hydrogen-bond acceptors (Lipinski definition) is 3. The van der Waals surface area contributed by atoms with Gasteiger partial charge in [0.2, 0.25) is 0 Å². The van der Waals surface area contributed by atoms with Crippen molar-refractivity contribution in [3.05, 3.63) is 60.2 Å². The van der Waals surface area contributed by atoms with Crippen molar-refractivity contribution in [2.45, 2.75) is 6.54 Å². The monoisotopic (exact) mass is 256 g/mol. The van der Waals surface area contributed by atoms with E-state index in [0.717, 1.165) is 18.8 Å². The average Bonchev–Trinajstić information content (AvgIpc) is 2.48. The van der Waals surface area contributed by atoms with Crippen molar-refractivity contribution in [2.75, 3.05) is 25.1 Å². The fourth-order valence-electron chi connectivity index (χ4n) is 2.05. The van der Waals surface area contributed by atoms with E-state index in [-0.39, 0.29) is 0 Å². The van der Waals surface area contributed by atoms with Crippen LogP contribution < -0.4 is 15.4 Å². The lowest BCUT2D eigenvalue weighted by molar-refractivity contribution is 0.414. The Kier molecular flexibility index (Phi) is 4.81. The molecule has 0 aliphatic heterocycles. The molecular weight excluding hydrogens is 236 g/mol. The van der Waals surface area contributed by atoms with Gasteiger partial charge in [0, 0.05) is 25.3 Å². The van der Waals surface area contributed by atoms with Gasteiger partial charge in [-0.05, 0) is 29.8 Å². The van der Waals surface area contributed by atoms with Crippen LogP contribution in [0.4, 0.5) is 5.69 Å². The third-order valence-electron chi connectivity index (χ3n) is 3.05. The van der Waals surface area contributed by atoms with Gasteiger partial charge in [0.1, 0.15) is 5.75 Å². The highest BCUT2D eigenvalue weighted by Crippen LogP contribution is 2.18. The van der Waals surface area contributed by atoms with Crippen molar-refractivity contribution in [2.24, 2.45) is 5.73 Å². The van der Waals surface area contributed by atoms with E-state index in [1.165, 1.54) is 11.3 Å². The second-order valence-electron chi connectivity index (χ2n) is 4.39. The summed E-state index contributed by atoms with van der Waals surface area (Å²) in [7, 11) is 1.68. The van der Waals surface area contributed by atoms with E-state index in [1.54, 1.807) is 7.11 Å². The van der Waals surface area contributed by atoms with Crippen LogP contribution in [0.2, 0.25) is 0 Å². The van der Waals surface area contributed by atoms with Gasteiger partial charge >= 0.3 is 0 Å². The van der Waals surface area contributed by atoms with Crippen molar-refractivity contribution in [1.29, 1.82) is 0 Å². The number of hydrogen-bond donors (Lipinski definition) is 1. The Morgan fingerprint density at radius 2 is 1.68 bits per heavy atom. The van der Waals surface area contributed by atoms with Gasteiger partial charge in [0.05, 0.1) is 7.11 Å². The van der Waals surface area contributed by atoms with Crippen LogP contribution in [0.1, 0.15) is 5.56 Å². The van der Waals surface area contributed by atoms with Crippen molar-refractivity contribution in [1.82, 2.24) is 0 Å². The van der Waals surface area contributed by atoms with Gasteiger partial charge in [-0.15, -0.1) is 0 Å². The zero-order chi connectivity index (χ0) is 13.5. The molecule has 0 fully saturated rings. The van der Waals surface area contributed by atoms with Gasteiger partial charge in [-0.25, -0.2) is 0 Å². The molecule has 0 unspecified atom stereocenters. The molecule has 3 nitrogen and oxygen atoms in total. The van der Waals surface area contributed by atoms with Crippen LogP contribution >= 0.6 is 0 Å². The summed E-state index contributed by atoms with van der Waals surface area (Å²) in [5, 5.41) is 0. The SMILES string of the molecule is COc1ccc(CN(CCN)c2ccccc2)cc1. The number of benzene rings is 2. The number of para-hydroxylation sites is 1. The number of nitrogens with zero attached hydrogens (tertiary/aromatic N) is 1. The van der Waals surface area contributed by atoms with Crippen molar-refractivity contribution >= 4 is 5.69 Å². The predicted octanol–water partition coefficient (Wildman–Crippen LogP) is 2.66. The number of anilines is 1. The molecule has 0 saturated heterocycles. The molecule has 0 bridgehead atoms. The van der Waals surface area contributed by atoms with Crippen LogP contribution in [0.25, 0.3) is 0 Å². The maximum Gasteiger partial charge on any atom is 0.118 e. The second-order valence-corrected chi connectivity index (χ2v) is 4.39. The molecule has 0 atom stereocenters. The fraction of sp³-hybridized carbons (Fsp3) is 0.250. The summed E-state index contributed by atoms with van der Waals surface area (Å²) < 4.78 is 5.17. The van der Waals surface area contributed by atoms with Gasteiger partial charge in [0.25, 0.3) is 0 Å². The first-order valence-electron chi connectivity index (χ1n) is 6.46. The summed E-state index contributed by atoms with van der Waals surface area (Å²) in [6.45, 7) is 2.34. The van der Waals surface area contributed by atoms with Crippen LogP contribution in [0.5, 0.6) is 5.75 Å². The van der Waals surface area contributed by atoms with E-state index >= 15 is 0 Å². The molecule has 3 heteroatoms. The third kappa shape index (κ3) is 3.73. The van der Waals surface area contributed by atoms with Gasteiger partial charge < -0.3 is 15.4 Å². The molecular formula is C16H20N2O. The van der Waals surface area contributed by atoms with E-state index in [4.69, 9.17) is 10.5 Å². The highest BCUT2D eigenvalue weighted by molar-refractivity contribution is 5.47. The average molecular weight is 256 g/mol. The molecule has 2 aromatic carbocycles. The molecule has 2 N–H and O–H groups in total. The van der Waals surface area contributed by atoms with E-state index < -0.39 is 0 Å². The van der Waals surface area contributed by atoms with Crippen LogP contribution in [0.3, 0.4) is 0 Å². The Morgan fingerprint density at radius 1 is 1.00 bits per heavy atom. The minimum absolute atomic E-state index is 0.644. The molecule has 0 aromatic heterocycles. The van der Waals surface area contributed by atoms with Crippen LogP contribution in [0, 0.1) is 0 Å². The van der Waals surface area contributed by atoms with Gasteiger partial charge in [-0.2, -0.15) is 0 Å². The van der Waals surface area contributed by atoms with E-state index in [2.05, 4.69) is 29.2 Å². The summed E-state index contributed by atoms with van der Waals surface area (Å²) in [5.41, 5.74) is 8.15. The standard InChI is InChI=1S/C16H20N2O/c1-19-16-9-7-14(8-10-16)13-18(12-11-17)15-5-3-2-4-6-15/h2-10H,11-13,17H2,1H3. The molecule has 0 spiro atoms. The molecule has 0 aliphatic rings. The van der Waals surface area contributed by atoms with E-state index in [9.17, 15) is 0 Å². The maximum atomic E-state index is 5.70. The van der Waals surface area contributed by atoms with Crippen molar-refractivity contribution < 1.29 is 4.74 Å². The quantitative estimate of drug-likeness (QED) is 0.863. The van der Waals surface area contributed by atoms with Crippen molar-refractivity contribution in [3.8, 4) is 5.75 Å². The number of nitrogens with two attached hydrogens (primary N) is 1. The molecule has 0 aliphatic carbocycles. The second kappa shape index (κ2) is 6.81. The zero-order valence-electron chi connectivity index (χ0n) is 11.3. The Bertz CT molecular complexity index is 482. The third-order valence-corrected chi connectivity index (χ3v) is 3.05. The van der Waals surface area contributed by atoms with Gasteiger partial charge in [-0.1, -0.05) is 30.3 Å².